The average molecular weight is 267 g/mol. The van der Waals surface area contributed by atoms with Gasteiger partial charge in [-0.2, -0.15) is 0 Å². The van der Waals surface area contributed by atoms with Crippen molar-refractivity contribution >= 4 is 11.7 Å². The minimum atomic E-state index is -0.686. The first-order chi connectivity index (χ1) is 8.95. The monoisotopic (exact) mass is 267 g/mol. The van der Waals surface area contributed by atoms with E-state index >= 15 is 0 Å². The molecule has 0 aliphatic carbocycles. The van der Waals surface area contributed by atoms with Crippen molar-refractivity contribution in [3.05, 3.63) is 23.9 Å². The summed E-state index contributed by atoms with van der Waals surface area (Å²) in [5, 5.41) is 9.62. The van der Waals surface area contributed by atoms with Crippen LogP contribution in [0.2, 0.25) is 0 Å². The number of rotatable bonds is 6. The fraction of sp³-hybridized carbons (Fsp3) is 0.538. The predicted octanol–water partition coefficient (Wildman–Crippen LogP) is 0.227. The van der Waals surface area contributed by atoms with E-state index in [2.05, 4.69) is 4.98 Å². The van der Waals surface area contributed by atoms with Crippen LogP contribution >= 0.6 is 0 Å². The van der Waals surface area contributed by atoms with Gasteiger partial charge in [-0.05, 0) is 12.1 Å². The molecule has 0 radical (unpaired) electrons. The van der Waals surface area contributed by atoms with Crippen LogP contribution in [-0.2, 0) is 4.74 Å². The highest BCUT2D eigenvalue weighted by Crippen LogP contribution is 2.11. The van der Waals surface area contributed by atoms with E-state index in [0.717, 1.165) is 5.82 Å². The van der Waals surface area contributed by atoms with Crippen LogP contribution in [-0.4, -0.2) is 68.4 Å². The van der Waals surface area contributed by atoms with Crippen LogP contribution in [0.3, 0.4) is 0 Å². The van der Waals surface area contributed by atoms with Crippen molar-refractivity contribution in [3.8, 4) is 0 Å². The lowest BCUT2D eigenvalue weighted by Gasteiger charge is -2.21. The SMILES string of the molecule is COCC(O)CN(C)C(=O)c1ccnc(N(C)C)c1. The number of amides is 1. The Morgan fingerprint density at radius 1 is 1.47 bits per heavy atom. The Balaban J connectivity index is 2.73. The molecule has 0 aliphatic rings. The summed E-state index contributed by atoms with van der Waals surface area (Å²) in [5.74, 6) is 0.567. The van der Waals surface area contributed by atoms with E-state index in [9.17, 15) is 9.90 Å². The Morgan fingerprint density at radius 2 is 2.16 bits per heavy atom. The van der Waals surface area contributed by atoms with Gasteiger partial charge in [0.15, 0.2) is 0 Å². The second-order valence-corrected chi connectivity index (χ2v) is 4.59. The summed E-state index contributed by atoms with van der Waals surface area (Å²) in [6, 6.07) is 3.38. The summed E-state index contributed by atoms with van der Waals surface area (Å²) in [6.07, 6.45) is 0.913. The molecule has 0 spiro atoms. The molecule has 1 amide bonds. The summed E-state index contributed by atoms with van der Waals surface area (Å²) in [4.78, 5) is 19.6. The van der Waals surface area contributed by atoms with E-state index in [4.69, 9.17) is 4.74 Å². The Bertz CT molecular complexity index is 423. The highest BCUT2D eigenvalue weighted by atomic mass is 16.5. The van der Waals surface area contributed by atoms with Crippen LogP contribution < -0.4 is 4.90 Å². The average Bonchev–Trinajstić information content (AvgIpc) is 2.38. The number of carbonyl (C=O) groups excluding carboxylic acids is 1. The lowest BCUT2D eigenvalue weighted by Crippen LogP contribution is -2.36. The van der Waals surface area contributed by atoms with Crippen LogP contribution in [0.25, 0.3) is 0 Å². The number of aliphatic hydroxyl groups is 1. The van der Waals surface area contributed by atoms with E-state index in [0.29, 0.717) is 5.56 Å². The standard InChI is InChI=1S/C13H21N3O3/c1-15(2)12-7-10(5-6-14-12)13(18)16(3)8-11(17)9-19-4/h5-7,11,17H,8-9H2,1-4H3. The zero-order chi connectivity index (χ0) is 14.4. The van der Waals surface area contributed by atoms with Gasteiger partial charge in [0.25, 0.3) is 5.91 Å². The normalized spacial score (nSPS) is 12.1. The van der Waals surface area contributed by atoms with Gasteiger partial charge in [-0.25, -0.2) is 4.98 Å². The molecule has 1 N–H and O–H groups in total. The molecular weight excluding hydrogens is 246 g/mol. The van der Waals surface area contributed by atoms with Gasteiger partial charge < -0.3 is 19.6 Å². The molecule has 1 heterocycles. The summed E-state index contributed by atoms with van der Waals surface area (Å²) >= 11 is 0. The third kappa shape index (κ3) is 4.50. The number of ether oxygens (including phenoxy) is 1. The molecule has 0 aromatic carbocycles. The zero-order valence-corrected chi connectivity index (χ0v) is 11.8. The van der Waals surface area contributed by atoms with Gasteiger partial charge in [0.2, 0.25) is 0 Å². The molecule has 6 nitrogen and oxygen atoms in total. The van der Waals surface area contributed by atoms with Crippen molar-refractivity contribution in [1.29, 1.82) is 0 Å². The molecule has 0 saturated carbocycles. The van der Waals surface area contributed by atoms with Crippen LogP contribution in [0.5, 0.6) is 0 Å². The number of likely N-dealkylation sites (N-methyl/N-ethyl adjacent to an activating group) is 1. The van der Waals surface area contributed by atoms with E-state index < -0.39 is 6.10 Å². The van der Waals surface area contributed by atoms with Gasteiger partial charge in [-0.1, -0.05) is 0 Å². The molecule has 6 heteroatoms. The largest absolute Gasteiger partial charge is 0.389 e. The number of carbonyl (C=O) groups is 1. The van der Waals surface area contributed by atoms with Crippen molar-refractivity contribution in [2.24, 2.45) is 0 Å². The number of methoxy groups -OCH3 is 1. The zero-order valence-electron chi connectivity index (χ0n) is 11.8. The number of aliphatic hydroxyl groups excluding tert-OH is 1. The number of anilines is 1. The molecule has 19 heavy (non-hydrogen) atoms. The second kappa shape index (κ2) is 7.06. The van der Waals surface area contributed by atoms with Crippen molar-refractivity contribution < 1.29 is 14.6 Å². The van der Waals surface area contributed by atoms with E-state index in [1.165, 1.54) is 12.0 Å². The van der Waals surface area contributed by atoms with E-state index in [1.54, 1.807) is 25.4 Å². The summed E-state index contributed by atoms with van der Waals surface area (Å²) in [6.45, 7) is 0.434. The molecule has 1 rings (SSSR count). The van der Waals surface area contributed by atoms with E-state index in [1.807, 2.05) is 19.0 Å². The first kappa shape index (κ1) is 15.4. The molecular formula is C13H21N3O3. The molecule has 1 unspecified atom stereocenters. The van der Waals surface area contributed by atoms with Gasteiger partial charge in [-0.15, -0.1) is 0 Å². The van der Waals surface area contributed by atoms with Crippen molar-refractivity contribution in [1.82, 2.24) is 9.88 Å². The second-order valence-electron chi connectivity index (χ2n) is 4.59. The third-order valence-corrected chi connectivity index (χ3v) is 2.64. The lowest BCUT2D eigenvalue weighted by atomic mass is 10.2. The maximum absolute atomic E-state index is 12.2. The summed E-state index contributed by atoms with van der Waals surface area (Å²) in [7, 11) is 6.89. The first-order valence-electron chi connectivity index (χ1n) is 6.01. The van der Waals surface area contributed by atoms with Crippen molar-refractivity contribution in [2.45, 2.75) is 6.10 Å². The van der Waals surface area contributed by atoms with Crippen LogP contribution in [0.1, 0.15) is 10.4 Å². The smallest absolute Gasteiger partial charge is 0.253 e. The molecule has 1 aromatic rings. The Kier molecular flexibility index (Phi) is 5.72. The molecule has 106 valence electrons. The fourth-order valence-electron chi connectivity index (χ4n) is 1.66. The number of pyridine rings is 1. The highest BCUT2D eigenvalue weighted by molar-refractivity contribution is 5.94. The first-order valence-corrected chi connectivity index (χ1v) is 6.01. The number of hydrogen-bond acceptors (Lipinski definition) is 5. The number of aromatic nitrogens is 1. The minimum absolute atomic E-state index is 0.152. The van der Waals surface area contributed by atoms with Crippen LogP contribution in [0, 0.1) is 0 Å². The molecule has 1 atom stereocenters. The summed E-state index contributed by atoms with van der Waals surface area (Å²) in [5.41, 5.74) is 0.547. The van der Waals surface area contributed by atoms with Gasteiger partial charge >= 0.3 is 0 Å². The molecule has 0 saturated heterocycles. The number of hydrogen-bond donors (Lipinski definition) is 1. The molecule has 0 aliphatic heterocycles. The minimum Gasteiger partial charge on any atom is -0.389 e. The summed E-state index contributed by atoms with van der Waals surface area (Å²) < 4.78 is 4.84. The van der Waals surface area contributed by atoms with Gasteiger partial charge in [0.1, 0.15) is 5.82 Å². The van der Waals surface area contributed by atoms with Gasteiger partial charge in [0.05, 0.1) is 12.7 Å². The van der Waals surface area contributed by atoms with Crippen LogP contribution in [0.15, 0.2) is 18.3 Å². The molecule has 1 aromatic heterocycles. The maximum atomic E-state index is 12.2. The van der Waals surface area contributed by atoms with Gasteiger partial charge in [-0.3, -0.25) is 4.79 Å². The topological polar surface area (TPSA) is 65.9 Å². The Hall–Kier alpha value is -1.66. The Morgan fingerprint density at radius 3 is 2.74 bits per heavy atom. The van der Waals surface area contributed by atoms with Crippen molar-refractivity contribution in [3.63, 3.8) is 0 Å². The van der Waals surface area contributed by atoms with E-state index in [-0.39, 0.29) is 19.1 Å². The number of nitrogens with zero attached hydrogens (tertiary/aromatic N) is 3. The molecule has 0 fully saturated rings. The maximum Gasteiger partial charge on any atom is 0.253 e. The lowest BCUT2D eigenvalue weighted by molar-refractivity contribution is 0.0380. The van der Waals surface area contributed by atoms with Gasteiger partial charge in [0, 0.05) is 46.6 Å². The predicted molar refractivity (Wildman–Crippen MR) is 73.4 cm³/mol. The third-order valence-electron chi connectivity index (χ3n) is 2.64. The molecule has 0 bridgehead atoms. The highest BCUT2D eigenvalue weighted by Gasteiger charge is 2.16. The quantitative estimate of drug-likeness (QED) is 0.799. The van der Waals surface area contributed by atoms with Crippen molar-refractivity contribution in [2.75, 3.05) is 46.3 Å². The van der Waals surface area contributed by atoms with Crippen LogP contribution in [0.4, 0.5) is 5.82 Å². The Labute approximate surface area is 113 Å². The fourth-order valence-corrected chi connectivity index (χ4v) is 1.66.